The lowest BCUT2D eigenvalue weighted by Gasteiger charge is -2.16. The van der Waals surface area contributed by atoms with Crippen molar-refractivity contribution in [2.75, 3.05) is 13.1 Å². The van der Waals surface area contributed by atoms with Crippen molar-refractivity contribution < 1.29 is 14.4 Å². The van der Waals surface area contributed by atoms with Gasteiger partial charge in [0, 0.05) is 23.9 Å². The van der Waals surface area contributed by atoms with E-state index >= 15 is 0 Å². The summed E-state index contributed by atoms with van der Waals surface area (Å²) < 4.78 is 0. The van der Waals surface area contributed by atoms with Crippen LogP contribution >= 0.6 is 0 Å². The molecular weight excluding hydrogens is 400 g/mol. The van der Waals surface area contributed by atoms with Crippen molar-refractivity contribution in [2.24, 2.45) is 5.92 Å². The molecule has 5 heteroatoms. The number of nitrogens with zero attached hydrogens (tertiary/aromatic N) is 1. The van der Waals surface area contributed by atoms with E-state index in [2.05, 4.69) is 10.3 Å². The van der Waals surface area contributed by atoms with Crippen LogP contribution in [0.2, 0.25) is 0 Å². The van der Waals surface area contributed by atoms with Crippen molar-refractivity contribution in [3.63, 3.8) is 0 Å². The standard InChI is InChI=1S/C27H28N2O3/c1-16-12-17(2)24(18(3)13-16)25-22(30)14-20(27(25)32)8-10-28-15-23(31)26-21-7-5-4-6-19(21)9-11-29-26/h4-7,9,11-13,20,25,28H,8,10,14-15H2,1-3H3. The largest absolute Gasteiger partial charge is 0.310 e. The minimum Gasteiger partial charge on any atom is -0.310 e. The van der Waals surface area contributed by atoms with E-state index in [0.29, 0.717) is 18.7 Å². The molecule has 1 saturated carbocycles. The fourth-order valence-corrected chi connectivity index (χ4v) is 4.95. The van der Waals surface area contributed by atoms with Crippen LogP contribution in [-0.2, 0) is 9.59 Å². The van der Waals surface area contributed by atoms with Gasteiger partial charge in [-0.05, 0) is 61.9 Å². The summed E-state index contributed by atoms with van der Waals surface area (Å²) in [5, 5.41) is 4.96. The van der Waals surface area contributed by atoms with Gasteiger partial charge in [-0.25, -0.2) is 0 Å². The Morgan fingerprint density at radius 1 is 1.06 bits per heavy atom. The number of aryl methyl sites for hydroxylation is 3. The van der Waals surface area contributed by atoms with E-state index in [1.54, 1.807) is 6.20 Å². The Bertz CT molecular complexity index is 1190. The number of aromatic nitrogens is 1. The fourth-order valence-electron chi connectivity index (χ4n) is 4.95. The molecule has 3 aromatic rings. The van der Waals surface area contributed by atoms with E-state index in [9.17, 15) is 14.4 Å². The van der Waals surface area contributed by atoms with E-state index in [1.807, 2.05) is 63.2 Å². The quantitative estimate of drug-likeness (QED) is 0.346. The van der Waals surface area contributed by atoms with E-state index in [4.69, 9.17) is 0 Å². The number of nitrogens with one attached hydrogen (secondary N) is 1. The first-order chi connectivity index (χ1) is 15.4. The molecule has 5 nitrogen and oxygen atoms in total. The fraction of sp³-hybridized carbons (Fsp3) is 0.333. The number of rotatable bonds is 7. The van der Waals surface area contributed by atoms with Gasteiger partial charge in [0.05, 0.1) is 6.54 Å². The van der Waals surface area contributed by atoms with Crippen LogP contribution in [0.15, 0.2) is 48.7 Å². The number of carbonyl (C=O) groups excluding carboxylic acids is 3. The predicted octanol–water partition coefficient (Wildman–Crippen LogP) is 4.26. The molecule has 2 aromatic carbocycles. The van der Waals surface area contributed by atoms with Gasteiger partial charge in [0.25, 0.3) is 0 Å². The summed E-state index contributed by atoms with van der Waals surface area (Å²) >= 11 is 0. The second-order valence-electron chi connectivity index (χ2n) is 8.78. The first kappa shape index (κ1) is 22.0. The number of fused-ring (bicyclic) bond motifs is 1. The highest BCUT2D eigenvalue weighted by Gasteiger charge is 2.42. The smallest absolute Gasteiger partial charge is 0.195 e. The number of benzene rings is 2. The zero-order chi connectivity index (χ0) is 22.8. The Morgan fingerprint density at radius 2 is 1.78 bits per heavy atom. The second kappa shape index (κ2) is 9.13. The molecule has 1 heterocycles. The molecule has 164 valence electrons. The predicted molar refractivity (Wildman–Crippen MR) is 125 cm³/mol. The van der Waals surface area contributed by atoms with Crippen molar-refractivity contribution in [3.05, 3.63) is 76.6 Å². The molecule has 1 aliphatic rings. The van der Waals surface area contributed by atoms with E-state index < -0.39 is 5.92 Å². The summed E-state index contributed by atoms with van der Waals surface area (Å²) in [6.45, 7) is 6.61. The first-order valence-electron chi connectivity index (χ1n) is 11.1. The summed E-state index contributed by atoms with van der Waals surface area (Å²) in [6, 6.07) is 13.6. The Labute approximate surface area is 188 Å². The average molecular weight is 429 g/mol. The monoisotopic (exact) mass is 428 g/mol. The molecule has 32 heavy (non-hydrogen) atoms. The molecule has 1 fully saturated rings. The van der Waals surface area contributed by atoms with Crippen LogP contribution < -0.4 is 5.32 Å². The van der Waals surface area contributed by atoms with Crippen molar-refractivity contribution in [2.45, 2.75) is 39.5 Å². The third-order valence-corrected chi connectivity index (χ3v) is 6.38. The van der Waals surface area contributed by atoms with Crippen LogP contribution in [0, 0.1) is 26.7 Å². The summed E-state index contributed by atoms with van der Waals surface area (Å²) in [7, 11) is 0. The van der Waals surface area contributed by atoms with E-state index in [0.717, 1.165) is 33.0 Å². The van der Waals surface area contributed by atoms with Crippen molar-refractivity contribution in [1.29, 1.82) is 0 Å². The average Bonchev–Trinajstić information content (AvgIpc) is 3.03. The lowest BCUT2D eigenvalue weighted by Crippen LogP contribution is -2.27. The Balaban J connectivity index is 1.36. The number of ketones is 3. The van der Waals surface area contributed by atoms with Crippen molar-refractivity contribution in [3.8, 4) is 0 Å². The molecule has 0 saturated heterocycles. The highest BCUT2D eigenvalue weighted by atomic mass is 16.2. The van der Waals surface area contributed by atoms with Gasteiger partial charge in [-0.1, -0.05) is 42.0 Å². The van der Waals surface area contributed by atoms with Gasteiger partial charge in [-0.2, -0.15) is 0 Å². The second-order valence-corrected chi connectivity index (χ2v) is 8.78. The minimum absolute atomic E-state index is 0.00563. The van der Waals surface area contributed by atoms with Crippen LogP contribution in [0.5, 0.6) is 0 Å². The molecule has 1 aliphatic carbocycles. The maximum absolute atomic E-state index is 13.1. The molecule has 1 aromatic heterocycles. The number of hydrogen-bond acceptors (Lipinski definition) is 5. The van der Waals surface area contributed by atoms with E-state index in [1.165, 1.54) is 0 Å². The molecular formula is C27H28N2O3. The van der Waals surface area contributed by atoms with Crippen molar-refractivity contribution >= 4 is 28.1 Å². The normalized spacial score (nSPS) is 18.5. The molecule has 0 spiro atoms. The molecule has 4 rings (SSSR count). The zero-order valence-corrected chi connectivity index (χ0v) is 18.8. The molecule has 0 amide bonds. The number of carbonyl (C=O) groups is 3. The number of Topliss-reactive ketones (excluding diaryl/α,β-unsaturated/α-hetero) is 3. The van der Waals surface area contributed by atoms with Crippen LogP contribution in [0.4, 0.5) is 0 Å². The highest BCUT2D eigenvalue weighted by molar-refractivity contribution is 6.15. The highest BCUT2D eigenvalue weighted by Crippen LogP contribution is 2.37. The number of pyridine rings is 1. The minimum atomic E-state index is -0.651. The molecule has 2 atom stereocenters. The Hall–Kier alpha value is -3.18. The Morgan fingerprint density at radius 3 is 2.53 bits per heavy atom. The summed E-state index contributed by atoms with van der Waals surface area (Å²) in [5.41, 5.74) is 4.46. The first-order valence-corrected chi connectivity index (χ1v) is 11.1. The summed E-state index contributed by atoms with van der Waals surface area (Å²) in [4.78, 5) is 42.7. The zero-order valence-electron chi connectivity index (χ0n) is 18.8. The summed E-state index contributed by atoms with van der Waals surface area (Å²) in [6.07, 6.45) is 2.46. The van der Waals surface area contributed by atoms with Gasteiger partial charge < -0.3 is 5.32 Å². The molecule has 0 aliphatic heterocycles. The lowest BCUT2D eigenvalue weighted by atomic mass is 9.86. The Kier molecular flexibility index (Phi) is 6.28. The maximum atomic E-state index is 13.1. The summed E-state index contributed by atoms with van der Waals surface area (Å²) in [5.74, 6) is -1.02. The van der Waals surface area contributed by atoms with Gasteiger partial charge in [-0.3, -0.25) is 19.4 Å². The third kappa shape index (κ3) is 4.26. The van der Waals surface area contributed by atoms with Gasteiger partial charge in [-0.15, -0.1) is 0 Å². The van der Waals surface area contributed by atoms with Gasteiger partial charge in [0.2, 0.25) is 0 Å². The molecule has 1 N–H and O–H groups in total. The topological polar surface area (TPSA) is 76.1 Å². The molecule has 0 radical (unpaired) electrons. The third-order valence-electron chi connectivity index (χ3n) is 6.38. The number of hydrogen-bond donors (Lipinski definition) is 1. The van der Waals surface area contributed by atoms with Crippen LogP contribution in [0.3, 0.4) is 0 Å². The molecule has 0 bridgehead atoms. The van der Waals surface area contributed by atoms with Gasteiger partial charge in [0.1, 0.15) is 17.4 Å². The van der Waals surface area contributed by atoms with Crippen LogP contribution in [0.25, 0.3) is 10.8 Å². The molecule has 2 unspecified atom stereocenters. The lowest BCUT2D eigenvalue weighted by molar-refractivity contribution is -0.124. The van der Waals surface area contributed by atoms with Gasteiger partial charge in [0.15, 0.2) is 11.6 Å². The van der Waals surface area contributed by atoms with Crippen LogP contribution in [-0.4, -0.2) is 35.4 Å². The van der Waals surface area contributed by atoms with Gasteiger partial charge >= 0.3 is 0 Å². The van der Waals surface area contributed by atoms with Crippen LogP contribution in [0.1, 0.15) is 51.5 Å². The van der Waals surface area contributed by atoms with Crippen molar-refractivity contribution in [1.82, 2.24) is 10.3 Å². The maximum Gasteiger partial charge on any atom is 0.195 e. The van der Waals surface area contributed by atoms with E-state index in [-0.39, 0.29) is 36.2 Å². The SMILES string of the molecule is Cc1cc(C)c(C2C(=O)CC(CCNCC(=O)c3nccc4ccccc34)C2=O)c(C)c1.